The molecular weight excluding hydrogens is 304 g/mol. The first-order valence-electron chi connectivity index (χ1n) is 6.89. The van der Waals surface area contributed by atoms with Crippen LogP contribution in [0.4, 0.5) is 0 Å². The number of hydrogen-bond acceptors (Lipinski definition) is 5. The van der Waals surface area contributed by atoms with E-state index in [4.69, 9.17) is 19.4 Å². The zero-order valence-electron chi connectivity index (χ0n) is 12.9. The summed E-state index contributed by atoms with van der Waals surface area (Å²) >= 11 is 0. The van der Waals surface area contributed by atoms with Crippen molar-refractivity contribution < 1.29 is 29.0 Å². The van der Waals surface area contributed by atoms with E-state index in [9.17, 15) is 14.4 Å². The molecule has 1 heterocycles. The van der Waals surface area contributed by atoms with E-state index >= 15 is 0 Å². The predicted molar refractivity (Wildman–Crippen MR) is 81.0 cm³/mol. The summed E-state index contributed by atoms with van der Waals surface area (Å²) in [5, 5.41) is 18.4. The van der Waals surface area contributed by atoms with E-state index < -0.39 is 30.1 Å². The Morgan fingerprint density at radius 1 is 1.22 bits per heavy atom. The van der Waals surface area contributed by atoms with Crippen molar-refractivity contribution in [3.8, 4) is 5.75 Å². The van der Waals surface area contributed by atoms with Gasteiger partial charge in [0.05, 0.1) is 12.0 Å². The van der Waals surface area contributed by atoms with Crippen molar-refractivity contribution in [2.45, 2.75) is 33.3 Å². The molecule has 0 aliphatic carbocycles. The van der Waals surface area contributed by atoms with Gasteiger partial charge in [-0.25, -0.2) is 9.59 Å². The van der Waals surface area contributed by atoms with Gasteiger partial charge >= 0.3 is 17.6 Å². The Morgan fingerprint density at radius 2 is 1.87 bits per heavy atom. The Labute approximate surface area is 131 Å². The molecule has 2 N–H and O–H groups in total. The summed E-state index contributed by atoms with van der Waals surface area (Å²) < 4.78 is 10.6. The summed E-state index contributed by atoms with van der Waals surface area (Å²) in [5.74, 6) is -1.94. The number of carboxylic acid groups (broad SMARTS) is 2. The maximum Gasteiger partial charge on any atom is 0.344 e. The van der Waals surface area contributed by atoms with Crippen LogP contribution in [0.25, 0.3) is 11.0 Å². The fraction of sp³-hybridized carbons (Fsp3) is 0.312. The average Bonchev–Trinajstić information content (AvgIpc) is 2.46. The third kappa shape index (κ3) is 3.18. The first-order valence-corrected chi connectivity index (χ1v) is 6.89. The minimum Gasteiger partial charge on any atom is -0.481 e. The maximum atomic E-state index is 12.0. The third-order valence-electron chi connectivity index (χ3n) is 3.63. The molecule has 23 heavy (non-hydrogen) atoms. The highest BCUT2D eigenvalue weighted by Gasteiger charge is 2.19. The highest BCUT2D eigenvalue weighted by Crippen LogP contribution is 2.30. The van der Waals surface area contributed by atoms with Crippen molar-refractivity contribution in [3.63, 3.8) is 0 Å². The molecule has 0 spiro atoms. The van der Waals surface area contributed by atoms with Gasteiger partial charge in [-0.15, -0.1) is 0 Å². The number of aryl methyl sites for hydroxylation is 2. The summed E-state index contributed by atoms with van der Waals surface area (Å²) in [6, 6.07) is 3.20. The largest absolute Gasteiger partial charge is 0.481 e. The van der Waals surface area contributed by atoms with Gasteiger partial charge < -0.3 is 19.4 Å². The Bertz CT molecular complexity index is 848. The number of fused-ring (bicyclic) bond motifs is 1. The van der Waals surface area contributed by atoms with Crippen LogP contribution in [-0.2, 0) is 16.0 Å². The van der Waals surface area contributed by atoms with Gasteiger partial charge in [0, 0.05) is 10.9 Å². The molecule has 0 saturated carbocycles. The fourth-order valence-corrected chi connectivity index (χ4v) is 2.29. The highest BCUT2D eigenvalue weighted by atomic mass is 16.5. The topological polar surface area (TPSA) is 114 Å². The van der Waals surface area contributed by atoms with Crippen LogP contribution >= 0.6 is 0 Å². The molecule has 0 amide bonds. The van der Waals surface area contributed by atoms with Gasteiger partial charge in [0.25, 0.3) is 0 Å². The Kier molecular flexibility index (Phi) is 4.40. The minimum atomic E-state index is -1.12. The Balaban J connectivity index is 2.61. The number of rotatable bonds is 5. The first kappa shape index (κ1) is 16.5. The number of hydrogen-bond donors (Lipinski definition) is 2. The summed E-state index contributed by atoms with van der Waals surface area (Å²) in [6.45, 7) is 4.69. The lowest BCUT2D eigenvalue weighted by atomic mass is 10.0. The molecular formula is C16H16O7. The number of benzene rings is 1. The number of ether oxygens (including phenoxy) is 1. The van der Waals surface area contributed by atoms with E-state index in [0.717, 1.165) is 0 Å². The molecule has 122 valence electrons. The summed E-state index contributed by atoms with van der Waals surface area (Å²) in [4.78, 5) is 33.8. The van der Waals surface area contributed by atoms with Crippen molar-refractivity contribution in [2.75, 3.05) is 0 Å². The Morgan fingerprint density at radius 3 is 2.43 bits per heavy atom. The summed E-state index contributed by atoms with van der Waals surface area (Å²) in [6.07, 6.45) is -1.47. The second kappa shape index (κ2) is 6.12. The molecule has 0 radical (unpaired) electrons. The van der Waals surface area contributed by atoms with Crippen LogP contribution in [0.1, 0.15) is 23.6 Å². The van der Waals surface area contributed by atoms with Crippen molar-refractivity contribution in [1.82, 2.24) is 0 Å². The smallest absolute Gasteiger partial charge is 0.344 e. The maximum absolute atomic E-state index is 12.0. The van der Waals surface area contributed by atoms with Gasteiger partial charge in [-0.05, 0) is 38.5 Å². The van der Waals surface area contributed by atoms with Crippen molar-refractivity contribution in [1.29, 1.82) is 0 Å². The monoisotopic (exact) mass is 320 g/mol. The van der Waals surface area contributed by atoms with Crippen molar-refractivity contribution >= 4 is 22.9 Å². The van der Waals surface area contributed by atoms with Crippen LogP contribution in [0.3, 0.4) is 0 Å². The van der Waals surface area contributed by atoms with E-state index in [1.165, 1.54) is 6.92 Å². The molecule has 0 aliphatic rings. The molecule has 0 saturated heterocycles. The number of carbonyl (C=O) groups is 2. The molecule has 1 atom stereocenters. The second-order valence-electron chi connectivity index (χ2n) is 5.23. The number of aliphatic carboxylic acids is 2. The third-order valence-corrected chi connectivity index (χ3v) is 3.63. The average molecular weight is 320 g/mol. The predicted octanol–water partition coefficient (Wildman–Crippen LogP) is 1.89. The molecule has 0 fully saturated rings. The summed E-state index contributed by atoms with van der Waals surface area (Å²) in [5.41, 5.74) is 0.648. The van der Waals surface area contributed by atoms with Gasteiger partial charge in [0.15, 0.2) is 6.10 Å². The van der Waals surface area contributed by atoms with Crippen molar-refractivity contribution in [2.24, 2.45) is 0 Å². The lowest BCUT2D eigenvalue weighted by molar-refractivity contribution is -0.144. The Hall–Kier alpha value is -2.83. The van der Waals surface area contributed by atoms with Crippen LogP contribution < -0.4 is 10.4 Å². The van der Waals surface area contributed by atoms with Gasteiger partial charge in [-0.2, -0.15) is 0 Å². The lowest BCUT2D eigenvalue weighted by Crippen LogP contribution is -2.23. The summed E-state index contributed by atoms with van der Waals surface area (Å²) in [7, 11) is 0. The van der Waals surface area contributed by atoms with Crippen LogP contribution in [0.15, 0.2) is 21.3 Å². The molecule has 1 aromatic carbocycles. The van der Waals surface area contributed by atoms with Crippen LogP contribution in [0, 0.1) is 13.8 Å². The quantitative estimate of drug-likeness (QED) is 0.808. The van der Waals surface area contributed by atoms with E-state index in [1.807, 2.05) is 0 Å². The van der Waals surface area contributed by atoms with Gasteiger partial charge in [0.1, 0.15) is 11.3 Å². The molecule has 7 heteroatoms. The van der Waals surface area contributed by atoms with Crippen molar-refractivity contribution in [3.05, 3.63) is 39.2 Å². The van der Waals surface area contributed by atoms with E-state index in [2.05, 4.69) is 0 Å². The van der Waals surface area contributed by atoms with Gasteiger partial charge in [0.2, 0.25) is 0 Å². The van der Waals surface area contributed by atoms with E-state index in [0.29, 0.717) is 22.3 Å². The molecule has 2 aromatic rings. The number of carboxylic acids is 2. The SMILES string of the molecule is Cc1c(CC(=O)O)c(=O)oc2c(C)c(O[C@@H](C)C(=O)O)ccc12. The van der Waals surface area contributed by atoms with Crippen LogP contribution in [0.5, 0.6) is 5.75 Å². The molecule has 2 rings (SSSR count). The van der Waals surface area contributed by atoms with E-state index in [1.54, 1.807) is 26.0 Å². The molecule has 0 bridgehead atoms. The highest BCUT2D eigenvalue weighted by molar-refractivity contribution is 5.86. The normalized spacial score (nSPS) is 12.1. The van der Waals surface area contributed by atoms with Crippen LogP contribution in [0.2, 0.25) is 0 Å². The molecule has 1 aromatic heterocycles. The zero-order valence-corrected chi connectivity index (χ0v) is 12.9. The minimum absolute atomic E-state index is 0.0944. The second-order valence-corrected chi connectivity index (χ2v) is 5.23. The lowest BCUT2D eigenvalue weighted by Gasteiger charge is -2.15. The standard InChI is InChI=1S/C16H16O7/c1-7-10-4-5-12(22-9(3)15(19)20)8(2)14(10)23-16(21)11(7)6-13(17)18/h4-5,9H,6H2,1-3H3,(H,17,18)(H,19,20)/t9-/m0/s1. The zero-order chi connectivity index (χ0) is 17.3. The van der Waals surface area contributed by atoms with Crippen LogP contribution in [-0.4, -0.2) is 28.3 Å². The van der Waals surface area contributed by atoms with Gasteiger partial charge in [-0.1, -0.05) is 0 Å². The molecule has 7 nitrogen and oxygen atoms in total. The van der Waals surface area contributed by atoms with E-state index in [-0.39, 0.29) is 11.1 Å². The molecule has 0 unspecified atom stereocenters. The first-order chi connectivity index (χ1) is 10.7. The fourth-order valence-electron chi connectivity index (χ4n) is 2.29. The molecule has 0 aliphatic heterocycles. The van der Waals surface area contributed by atoms with Gasteiger partial charge in [-0.3, -0.25) is 4.79 Å².